The van der Waals surface area contributed by atoms with Crippen LogP contribution in [0, 0.1) is 13.8 Å². The topological polar surface area (TPSA) is 128 Å². The fourth-order valence-corrected chi connectivity index (χ4v) is 5.29. The number of carboxylic acid groups (broad SMARTS) is 1. The maximum Gasteiger partial charge on any atom is 0.345 e. The molecule has 2 aliphatic heterocycles. The fraction of sp³-hybridized carbons (Fsp3) is 0.440. The maximum atomic E-state index is 12.9. The Morgan fingerprint density at radius 1 is 1.24 bits per heavy atom. The highest BCUT2D eigenvalue weighted by atomic mass is 16.5. The molecule has 9 heteroatoms. The average Bonchev–Trinajstić information content (AvgIpc) is 3.20. The monoisotopic (exact) mass is 466 g/mol. The van der Waals surface area contributed by atoms with Crippen molar-refractivity contribution < 1.29 is 19.4 Å². The molecule has 0 radical (unpaired) electrons. The van der Waals surface area contributed by atoms with E-state index in [1.807, 2.05) is 18.7 Å². The third-order valence-corrected chi connectivity index (χ3v) is 6.97. The molecule has 34 heavy (non-hydrogen) atoms. The molecule has 2 aliphatic rings. The number of nitrogens with one attached hydrogen (secondary N) is 2. The molecule has 1 spiro atoms. The smallest absolute Gasteiger partial charge is 0.345 e. The van der Waals surface area contributed by atoms with Crippen LogP contribution in [0.4, 0.5) is 0 Å². The van der Waals surface area contributed by atoms with E-state index < -0.39 is 0 Å². The Bertz CT molecular complexity index is 1230. The summed E-state index contributed by atoms with van der Waals surface area (Å²) in [7, 11) is 0. The molecule has 0 aliphatic carbocycles. The van der Waals surface area contributed by atoms with Crippen LogP contribution in [0.1, 0.15) is 47.5 Å². The Kier molecular flexibility index (Phi) is 6.83. The van der Waals surface area contributed by atoms with Crippen LogP contribution in [0.25, 0.3) is 10.9 Å². The van der Waals surface area contributed by atoms with E-state index in [2.05, 4.69) is 39.2 Å². The summed E-state index contributed by atoms with van der Waals surface area (Å²) in [4.78, 5) is 45.0. The second-order valence-corrected chi connectivity index (χ2v) is 8.83. The number of aromatic amines is 2. The molecule has 1 aromatic carbocycles. The van der Waals surface area contributed by atoms with E-state index >= 15 is 0 Å². The van der Waals surface area contributed by atoms with Crippen molar-refractivity contribution >= 4 is 23.3 Å². The summed E-state index contributed by atoms with van der Waals surface area (Å²) in [6.07, 6.45) is 3.54. The largest absolute Gasteiger partial charge is 0.483 e. The minimum Gasteiger partial charge on any atom is -0.483 e. The van der Waals surface area contributed by atoms with Gasteiger partial charge in [0.05, 0.1) is 12.3 Å². The molecule has 0 atom stereocenters. The molecule has 3 N–H and O–H groups in total. The van der Waals surface area contributed by atoms with E-state index in [-0.39, 0.29) is 23.7 Å². The number of nitrogens with zero attached hydrogens (tertiary/aromatic N) is 2. The quantitative estimate of drug-likeness (QED) is 0.509. The van der Waals surface area contributed by atoms with Crippen molar-refractivity contribution in [2.24, 2.45) is 0 Å². The second-order valence-electron chi connectivity index (χ2n) is 8.83. The normalized spacial score (nSPS) is 16.6. The number of rotatable bonds is 3. The van der Waals surface area contributed by atoms with Crippen LogP contribution < -0.4 is 5.69 Å². The number of ether oxygens (including phenoxy) is 1. The minimum absolute atomic E-state index is 0.146. The van der Waals surface area contributed by atoms with Crippen molar-refractivity contribution in [2.45, 2.75) is 51.6 Å². The lowest BCUT2D eigenvalue weighted by molar-refractivity contribution is -0.141. The molecule has 9 nitrogen and oxygen atoms in total. The van der Waals surface area contributed by atoms with Gasteiger partial charge in [0.2, 0.25) is 5.91 Å². The van der Waals surface area contributed by atoms with E-state index in [0.29, 0.717) is 31.6 Å². The number of benzene rings is 1. The average molecular weight is 467 g/mol. The number of piperidine rings is 1. The standard InChI is InChI=1S/C24H28N4O3.CH2O2/c1-15-17(16(2)26-23(30)25-15)7-8-21(29)28-12-10-24(11-13-28)22-19(9-14-31-24)18-5-3-4-6-20(18)27-22;2-1-3/h3-6,27H,7-14H2,1-2H3,(H,25,26,30);1H,(H,2,3). The molecule has 1 amide bonds. The first kappa shape index (κ1) is 23.7. The molecular weight excluding hydrogens is 436 g/mol. The van der Waals surface area contributed by atoms with Gasteiger partial charge in [0.1, 0.15) is 5.60 Å². The van der Waals surface area contributed by atoms with Crippen molar-refractivity contribution in [3.63, 3.8) is 0 Å². The number of H-pyrrole nitrogens is 2. The molecule has 0 saturated carbocycles. The number of amides is 1. The number of hydrogen-bond acceptors (Lipinski definition) is 5. The second kappa shape index (κ2) is 9.80. The summed E-state index contributed by atoms with van der Waals surface area (Å²) in [5.41, 5.74) is 5.54. The van der Waals surface area contributed by atoms with Crippen LogP contribution in [0.5, 0.6) is 0 Å². The zero-order valence-corrected chi connectivity index (χ0v) is 19.5. The Balaban J connectivity index is 0.000000868. The van der Waals surface area contributed by atoms with Crippen LogP contribution in [0.3, 0.4) is 0 Å². The van der Waals surface area contributed by atoms with E-state index in [9.17, 15) is 9.59 Å². The lowest BCUT2D eigenvalue weighted by atomic mass is 9.83. The van der Waals surface area contributed by atoms with Gasteiger partial charge in [-0.1, -0.05) is 18.2 Å². The number of para-hydroxylation sites is 1. The number of aryl methyl sites for hydroxylation is 2. The first-order valence-corrected chi connectivity index (χ1v) is 11.5. The van der Waals surface area contributed by atoms with Gasteiger partial charge in [0.15, 0.2) is 0 Å². The number of hydrogen-bond donors (Lipinski definition) is 3. The molecule has 2 aromatic heterocycles. The summed E-state index contributed by atoms with van der Waals surface area (Å²) in [6.45, 7) is 5.54. The van der Waals surface area contributed by atoms with Crippen molar-refractivity contribution in [2.75, 3.05) is 19.7 Å². The number of fused-ring (bicyclic) bond motifs is 4. The van der Waals surface area contributed by atoms with Crippen LogP contribution >= 0.6 is 0 Å². The number of carbonyl (C=O) groups excluding carboxylic acids is 1. The van der Waals surface area contributed by atoms with Crippen molar-refractivity contribution in [3.05, 3.63) is 63.0 Å². The van der Waals surface area contributed by atoms with E-state index in [1.165, 1.54) is 16.6 Å². The summed E-state index contributed by atoms with van der Waals surface area (Å²) in [5.74, 6) is 0.146. The molecule has 0 bridgehead atoms. The van der Waals surface area contributed by atoms with Crippen molar-refractivity contribution in [1.29, 1.82) is 0 Å². The number of likely N-dealkylation sites (tertiary alicyclic amines) is 1. The van der Waals surface area contributed by atoms with Gasteiger partial charge in [-0.15, -0.1) is 0 Å². The Morgan fingerprint density at radius 2 is 1.94 bits per heavy atom. The van der Waals surface area contributed by atoms with Crippen LogP contribution in [0.15, 0.2) is 29.1 Å². The predicted molar refractivity (Wildman–Crippen MR) is 127 cm³/mol. The molecule has 1 saturated heterocycles. The molecule has 180 valence electrons. The van der Waals surface area contributed by atoms with Crippen LogP contribution in [-0.4, -0.2) is 57.0 Å². The van der Waals surface area contributed by atoms with Gasteiger partial charge in [0, 0.05) is 41.8 Å². The Morgan fingerprint density at radius 3 is 2.65 bits per heavy atom. The van der Waals surface area contributed by atoms with Crippen LogP contribution in [0.2, 0.25) is 0 Å². The number of carbonyl (C=O) groups is 2. The summed E-state index contributed by atoms with van der Waals surface area (Å²) in [5, 5.41) is 8.18. The lowest BCUT2D eigenvalue weighted by Gasteiger charge is -2.43. The molecule has 1 fully saturated rings. The fourth-order valence-electron chi connectivity index (χ4n) is 5.29. The Labute approximate surface area is 197 Å². The lowest BCUT2D eigenvalue weighted by Crippen LogP contribution is -2.48. The van der Waals surface area contributed by atoms with Gasteiger partial charge in [0.25, 0.3) is 6.47 Å². The van der Waals surface area contributed by atoms with Gasteiger partial charge in [-0.05, 0) is 56.7 Å². The van der Waals surface area contributed by atoms with Gasteiger partial charge < -0.3 is 24.7 Å². The minimum atomic E-state index is -0.338. The SMILES string of the molecule is Cc1nc(=O)[nH]c(C)c1CCC(=O)N1CCC2(CC1)OCCc1c2[nH]c2ccccc12.O=CO. The molecule has 3 aromatic rings. The van der Waals surface area contributed by atoms with Gasteiger partial charge in [-0.2, -0.15) is 4.98 Å². The zero-order valence-electron chi connectivity index (χ0n) is 19.5. The third kappa shape index (κ3) is 4.48. The predicted octanol–water partition coefficient (Wildman–Crippen LogP) is 2.59. The third-order valence-electron chi connectivity index (χ3n) is 6.97. The van der Waals surface area contributed by atoms with Crippen molar-refractivity contribution in [1.82, 2.24) is 19.9 Å². The van der Waals surface area contributed by atoms with Gasteiger partial charge >= 0.3 is 5.69 Å². The van der Waals surface area contributed by atoms with Gasteiger partial charge in [-0.25, -0.2) is 4.79 Å². The molecule has 5 rings (SSSR count). The van der Waals surface area contributed by atoms with Gasteiger partial charge in [-0.3, -0.25) is 9.59 Å². The summed E-state index contributed by atoms with van der Waals surface area (Å²) < 4.78 is 6.35. The maximum absolute atomic E-state index is 12.9. The van der Waals surface area contributed by atoms with E-state index in [4.69, 9.17) is 14.6 Å². The first-order chi connectivity index (χ1) is 16.4. The highest BCUT2D eigenvalue weighted by molar-refractivity contribution is 5.85. The Hall–Kier alpha value is -3.46. The van der Waals surface area contributed by atoms with Crippen molar-refractivity contribution in [3.8, 4) is 0 Å². The zero-order chi connectivity index (χ0) is 24.3. The highest BCUT2D eigenvalue weighted by Crippen LogP contribution is 2.43. The van der Waals surface area contributed by atoms with Crippen LogP contribution in [-0.2, 0) is 32.8 Å². The first-order valence-electron chi connectivity index (χ1n) is 11.5. The molecule has 0 unspecified atom stereocenters. The summed E-state index contributed by atoms with van der Waals surface area (Å²) >= 11 is 0. The molecular formula is C25H30N4O5. The summed E-state index contributed by atoms with van der Waals surface area (Å²) in [6, 6.07) is 8.44. The highest BCUT2D eigenvalue weighted by Gasteiger charge is 2.43. The van der Waals surface area contributed by atoms with E-state index in [1.54, 1.807) is 0 Å². The molecule has 4 heterocycles. The number of aromatic nitrogens is 3. The van der Waals surface area contributed by atoms with E-state index in [0.717, 1.165) is 42.6 Å².